The van der Waals surface area contributed by atoms with Gasteiger partial charge in [0.05, 0.1) is 11.1 Å². The van der Waals surface area contributed by atoms with E-state index in [2.05, 4.69) is 0 Å². The molecular formula is C12H17ClN4O4. The molecule has 116 valence electrons. The van der Waals surface area contributed by atoms with Gasteiger partial charge in [-0.3, -0.25) is 24.3 Å². The number of likely N-dealkylation sites (tertiary alicyclic amines) is 1. The number of amides is 1. The summed E-state index contributed by atoms with van der Waals surface area (Å²) in [6, 6.07) is 2.17. The van der Waals surface area contributed by atoms with Crippen LogP contribution in [-0.4, -0.2) is 39.4 Å². The average molecular weight is 317 g/mol. The number of nitro groups is 1. The number of rotatable bonds is 3. The van der Waals surface area contributed by atoms with Gasteiger partial charge in [0.1, 0.15) is 6.54 Å². The molecule has 21 heavy (non-hydrogen) atoms. The average Bonchev–Trinajstić information content (AvgIpc) is 2.41. The number of aromatic nitrogens is 1. The standard InChI is InChI=1S/C12H16N4O4.ClH/c13-9-2-1-5-14(6-9)12(18)8-15-7-10(16(19)20)3-4-11(15)17;/h3-4,7,9H,1-2,5-6,8,13H2;1H. The monoisotopic (exact) mass is 316 g/mol. The van der Waals surface area contributed by atoms with E-state index >= 15 is 0 Å². The molecule has 1 saturated heterocycles. The van der Waals surface area contributed by atoms with E-state index in [0.717, 1.165) is 35.7 Å². The van der Waals surface area contributed by atoms with Gasteiger partial charge in [-0.15, -0.1) is 12.4 Å². The Morgan fingerprint density at radius 1 is 1.48 bits per heavy atom. The molecule has 0 radical (unpaired) electrons. The van der Waals surface area contributed by atoms with Crippen LogP contribution in [0.2, 0.25) is 0 Å². The summed E-state index contributed by atoms with van der Waals surface area (Å²) >= 11 is 0. The highest BCUT2D eigenvalue weighted by molar-refractivity contribution is 5.85. The van der Waals surface area contributed by atoms with Gasteiger partial charge >= 0.3 is 0 Å². The molecule has 1 aliphatic rings. The van der Waals surface area contributed by atoms with Gasteiger partial charge in [0.2, 0.25) is 5.91 Å². The zero-order valence-corrected chi connectivity index (χ0v) is 12.1. The van der Waals surface area contributed by atoms with Crippen LogP contribution in [0.4, 0.5) is 5.69 Å². The van der Waals surface area contributed by atoms with E-state index in [9.17, 15) is 19.7 Å². The maximum atomic E-state index is 12.1. The summed E-state index contributed by atoms with van der Waals surface area (Å²) in [7, 11) is 0. The van der Waals surface area contributed by atoms with Crippen LogP contribution < -0.4 is 11.3 Å². The van der Waals surface area contributed by atoms with E-state index in [1.807, 2.05) is 0 Å². The van der Waals surface area contributed by atoms with Crippen LogP contribution in [0.3, 0.4) is 0 Å². The van der Waals surface area contributed by atoms with E-state index in [1.54, 1.807) is 4.90 Å². The van der Waals surface area contributed by atoms with Crippen molar-refractivity contribution in [2.75, 3.05) is 13.1 Å². The molecule has 2 heterocycles. The molecule has 1 aromatic heterocycles. The number of piperidine rings is 1. The zero-order valence-electron chi connectivity index (χ0n) is 11.3. The highest BCUT2D eigenvalue weighted by atomic mass is 35.5. The van der Waals surface area contributed by atoms with Crippen molar-refractivity contribution in [1.29, 1.82) is 0 Å². The van der Waals surface area contributed by atoms with Crippen molar-refractivity contribution in [3.8, 4) is 0 Å². The number of hydrogen-bond acceptors (Lipinski definition) is 5. The van der Waals surface area contributed by atoms with Crippen molar-refractivity contribution in [3.63, 3.8) is 0 Å². The van der Waals surface area contributed by atoms with Crippen LogP contribution in [0.5, 0.6) is 0 Å². The number of hydrogen-bond donors (Lipinski definition) is 1. The van der Waals surface area contributed by atoms with Crippen molar-refractivity contribution in [2.45, 2.75) is 25.4 Å². The second-order valence-electron chi connectivity index (χ2n) is 4.85. The van der Waals surface area contributed by atoms with Gasteiger partial charge in [0.15, 0.2) is 0 Å². The van der Waals surface area contributed by atoms with Crippen LogP contribution >= 0.6 is 12.4 Å². The third kappa shape index (κ3) is 4.27. The van der Waals surface area contributed by atoms with Gasteiger partial charge in [0, 0.05) is 31.3 Å². The lowest BCUT2D eigenvalue weighted by atomic mass is 10.1. The lowest BCUT2D eigenvalue weighted by molar-refractivity contribution is -0.385. The Bertz CT molecular complexity index is 589. The normalized spacial score (nSPS) is 18.0. The van der Waals surface area contributed by atoms with Gasteiger partial charge in [0.25, 0.3) is 11.2 Å². The van der Waals surface area contributed by atoms with Crippen LogP contribution in [0.25, 0.3) is 0 Å². The first-order valence-corrected chi connectivity index (χ1v) is 6.35. The molecule has 0 bridgehead atoms. The lowest BCUT2D eigenvalue weighted by Crippen LogP contribution is -2.47. The first kappa shape index (κ1) is 17.1. The van der Waals surface area contributed by atoms with Crippen LogP contribution in [0.1, 0.15) is 12.8 Å². The van der Waals surface area contributed by atoms with Crippen LogP contribution in [0.15, 0.2) is 23.1 Å². The third-order valence-electron chi connectivity index (χ3n) is 3.29. The molecule has 0 aliphatic carbocycles. The largest absolute Gasteiger partial charge is 0.340 e. The SMILES string of the molecule is Cl.NC1CCCN(C(=O)Cn2cc([N+](=O)[O-])ccc2=O)C1. The number of halogens is 1. The van der Waals surface area contributed by atoms with E-state index in [1.165, 1.54) is 0 Å². The lowest BCUT2D eigenvalue weighted by Gasteiger charge is -2.30. The van der Waals surface area contributed by atoms with Crippen LogP contribution in [-0.2, 0) is 11.3 Å². The maximum Gasteiger partial charge on any atom is 0.285 e. The van der Waals surface area contributed by atoms with Gasteiger partial charge in [-0.05, 0) is 12.8 Å². The number of carbonyl (C=O) groups excluding carboxylic acids is 1. The van der Waals surface area contributed by atoms with E-state index in [-0.39, 0.29) is 36.6 Å². The highest BCUT2D eigenvalue weighted by Gasteiger charge is 2.22. The molecule has 2 rings (SSSR count). The van der Waals surface area contributed by atoms with Gasteiger partial charge in [-0.2, -0.15) is 0 Å². The maximum absolute atomic E-state index is 12.1. The smallest absolute Gasteiger partial charge is 0.285 e. The Morgan fingerprint density at radius 3 is 2.81 bits per heavy atom. The molecule has 2 N–H and O–H groups in total. The number of nitrogens with zero attached hydrogens (tertiary/aromatic N) is 3. The minimum absolute atomic E-state index is 0. The molecule has 8 nitrogen and oxygen atoms in total. The van der Waals surface area contributed by atoms with E-state index in [4.69, 9.17) is 5.73 Å². The van der Waals surface area contributed by atoms with E-state index in [0.29, 0.717) is 13.1 Å². The molecule has 1 aliphatic heterocycles. The summed E-state index contributed by atoms with van der Waals surface area (Å²) in [6.07, 6.45) is 2.79. The Labute approximate surface area is 127 Å². The van der Waals surface area contributed by atoms with E-state index < -0.39 is 10.5 Å². The Hall–Kier alpha value is -1.93. The molecule has 0 aromatic carbocycles. The summed E-state index contributed by atoms with van der Waals surface area (Å²) in [4.78, 5) is 35.4. The first-order chi connectivity index (χ1) is 9.47. The summed E-state index contributed by atoms with van der Waals surface area (Å²) in [5.41, 5.74) is 5.14. The minimum atomic E-state index is -0.600. The number of pyridine rings is 1. The van der Waals surface area contributed by atoms with Crippen molar-refractivity contribution in [2.24, 2.45) is 5.73 Å². The molecule has 1 atom stereocenters. The van der Waals surface area contributed by atoms with Crippen molar-refractivity contribution in [1.82, 2.24) is 9.47 Å². The molecule has 0 saturated carbocycles. The van der Waals surface area contributed by atoms with Gasteiger partial charge < -0.3 is 10.6 Å². The molecule has 1 fully saturated rings. The Morgan fingerprint density at radius 2 is 2.19 bits per heavy atom. The van der Waals surface area contributed by atoms with Crippen molar-refractivity contribution < 1.29 is 9.72 Å². The molecular weight excluding hydrogens is 300 g/mol. The third-order valence-corrected chi connectivity index (χ3v) is 3.29. The Balaban J connectivity index is 0.00000220. The topological polar surface area (TPSA) is 111 Å². The predicted molar refractivity (Wildman–Crippen MR) is 78.4 cm³/mol. The minimum Gasteiger partial charge on any atom is -0.340 e. The summed E-state index contributed by atoms with van der Waals surface area (Å²) < 4.78 is 1.06. The van der Waals surface area contributed by atoms with Crippen molar-refractivity contribution in [3.05, 3.63) is 38.8 Å². The molecule has 1 amide bonds. The Kier molecular flexibility index (Phi) is 5.86. The predicted octanol–water partition coefficient (Wildman–Crippen LogP) is 0.128. The fraction of sp³-hybridized carbons (Fsp3) is 0.500. The quantitative estimate of drug-likeness (QED) is 0.629. The second kappa shape index (κ2) is 7.19. The first-order valence-electron chi connectivity index (χ1n) is 6.35. The highest BCUT2D eigenvalue weighted by Crippen LogP contribution is 2.10. The molecule has 0 spiro atoms. The van der Waals surface area contributed by atoms with Crippen molar-refractivity contribution >= 4 is 24.0 Å². The van der Waals surface area contributed by atoms with Gasteiger partial charge in [-0.1, -0.05) is 0 Å². The number of nitrogens with two attached hydrogens (primary N) is 1. The summed E-state index contributed by atoms with van der Waals surface area (Å²) in [5.74, 6) is -0.247. The van der Waals surface area contributed by atoms with Gasteiger partial charge in [-0.25, -0.2) is 0 Å². The van der Waals surface area contributed by atoms with Crippen LogP contribution in [0, 0.1) is 10.1 Å². The summed E-state index contributed by atoms with van der Waals surface area (Å²) in [5, 5.41) is 10.7. The zero-order chi connectivity index (χ0) is 14.7. The molecule has 1 aromatic rings. The second-order valence-corrected chi connectivity index (χ2v) is 4.85. The molecule has 1 unspecified atom stereocenters. The number of carbonyl (C=O) groups is 1. The molecule has 9 heteroatoms. The summed E-state index contributed by atoms with van der Waals surface area (Å²) in [6.45, 7) is 0.867. The fourth-order valence-electron chi connectivity index (χ4n) is 2.23. The fourth-order valence-corrected chi connectivity index (χ4v) is 2.23.